The first-order valence-corrected chi connectivity index (χ1v) is 6.62. The summed E-state index contributed by atoms with van der Waals surface area (Å²) in [6, 6.07) is -0.906. The average Bonchev–Trinajstić information content (AvgIpc) is 2.47. The molecule has 0 aliphatic heterocycles. The zero-order chi connectivity index (χ0) is 16.4. The lowest BCUT2D eigenvalue weighted by Gasteiger charge is -2.23. The van der Waals surface area contributed by atoms with Crippen LogP contribution in [0, 0.1) is 0 Å². The predicted molar refractivity (Wildman–Crippen MR) is 73.9 cm³/mol. The molecule has 0 radical (unpaired) electrons. The zero-order valence-electron chi connectivity index (χ0n) is 11.6. The minimum absolute atomic E-state index is 0.300. The lowest BCUT2D eigenvalue weighted by molar-refractivity contribution is -0.138. The van der Waals surface area contributed by atoms with E-state index in [0.29, 0.717) is 25.8 Å². The third-order valence-corrected chi connectivity index (χ3v) is 2.91. The summed E-state index contributed by atoms with van der Waals surface area (Å²) in [6.45, 7) is -0.444. The van der Waals surface area contributed by atoms with Crippen molar-refractivity contribution < 1.29 is 35.4 Å². The Kier molecular flexibility index (Phi) is 10.0. The van der Waals surface area contributed by atoms with Crippen molar-refractivity contribution in [1.82, 2.24) is 0 Å². The standard InChI is InChI=1S/C12H24N2O7/c13-7(12(20)21)3-1-2-4-14-5-8(16)10(18)11(19)9(17)6-15/h5,7-11,15-19H,1-4,6,13H2,(H,20,21)/t7-,8-,9+,10+,11+/m0/s1. The number of nitrogens with two attached hydrogens (primary N) is 1. The Balaban J connectivity index is 3.94. The molecule has 0 amide bonds. The molecule has 0 aromatic heterocycles. The first-order valence-electron chi connectivity index (χ1n) is 6.62. The molecular weight excluding hydrogens is 284 g/mol. The Morgan fingerprint density at radius 1 is 1.14 bits per heavy atom. The number of hydrogen-bond donors (Lipinski definition) is 7. The minimum Gasteiger partial charge on any atom is -0.480 e. The van der Waals surface area contributed by atoms with E-state index in [9.17, 15) is 20.1 Å². The second kappa shape index (κ2) is 10.6. The van der Waals surface area contributed by atoms with Crippen LogP contribution in [0.25, 0.3) is 0 Å². The second-order valence-corrected chi connectivity index (χ2v) is 4.72. The summed E-state index contributed by atoms with van der Waals surface area (Å²) in [6.07, 6.45) is -3.95. The number of aliphatic carboxylic acids is 1. The highest BCUT2D eigenvalue weighted by Crippen LogP contribution is 2.04. The van der Waals surface area contributed by atoms with Crippen LogP contribution in [0.1, 0.15) is 19.3 Å². The Morgan fingerprint density at radius 3 is 2.29 bits per heavy atom. The van der Waals surface area contributed by atoms with E-state index in [1.54, 1.807) is 0 Å². The number of unbranched alkanes of at least 4 members (excludes halogenated alkanes) is 1. The van der Waals surface area contributed by atoms with E-state index < -0.39 is 43.0 Å². The number of rotatable bonds is 11. The van der Waals surface area contributed by atoms with Crippen LogP contribution in [0.4, 0.5) is 0 Å². The molecule has 0 saturated heterocycles. The fraction of sp³-hybridized carbons (Fsp3) is 0.833. The molecule has 9 nitrogen and oxygen atoms in total. The summed E-state index contributed by atoms with van der Waals surface area (Å²) in [5.41, 5.74) is 5.31. The molecule has 0 aromatic rings. The lowest BCUT2D eigenvalue weighted by Crippen LogP contribution is -2.46. The smallest absolute Gasteiger partial charge is 0.320 e. The van der Waals surface area contributed by atoms with Gasteiger partial charge in [-0.3, -0.25) is 9.79 Å². The van der Waals surface area contributed by atoms with Gasteiger partial charge in [-0.1, -0.05) is 0 Å². The highest BCUT2D eigenvalue weighted by Gasteiger charge is 2.28. The van der Waals surface area contributed by atoms with Gasteiger partial charge in [0.15, 0.2) is 0 Å². The van der Waals surface area contributed by atoms with E-state index in [-0.39, 0.29) is 0 Å². The van der Waals surface area contributed by atoms with Crippen LogP contribution >= 0.6 is 0 Å². The summed E-state index contributed by atoms with van der Waals surface area (Å²) in [7, 11) is 0. The van der Waals surface area contributed by atoms with Crippen molar-refractivity contribution in [2.24, 2.45) is 10.7 Å². The van der Waals surface area contributed by atoms with Crippen LogP contribution in [-0.2, 0) is 4.79 Å². The molecule has 21 heavy (non-hydrogen) atoms. The maximum Gasteiger partial charge on any atom is 0.320 e. The molecule has 5 atom stereocenters. The van der Waals surface area contributed by atoms with E-state index in [2.05, 4.69) is 4.99 Å². The summed E-state index contributed by atoms with van der Waals surface area (Å²) in [4.78, 5) is 14.3. The summed E-state index contributed by atoms with van der Waals surface area (Å²) in [5, 5.41) is 54.6. The van der Waals surface area contributed by atoms with Gasteiger partial charge in [0.2, 0.25) is 0 Å². The molecule has 0 heterocycles. The topological polar surface area (TPSA) is 177 Å². The van der Waals surface area contributed by atoms with E-state index in [1.165, 1.54) is 0 Å². The van der Waals surface area contributed by atoms with Gasteiger partial charge < -0.3 is 36.4 Å². The summed E-state index contributed by atoms with van der Waals surface area (Å²) < 4.78 is 0. The second-order valence-electron chi connectivity index (χ2n) is 4.72. The van der Waals surface area contributed by atoms with E-state index in [1.807, 2.05) is 0 Å². The van der Waals surface area contributed by atoms with Crippen LogP contribution in [0.2, 0.25) is 0 Å². The van der Waals surface area contributed by atoms with E-state index in [0.717, 1.165) is 6.21 Å². The minimum atomic E-state index is -1.69. The fourth-order valence-electron chi connectivity index (χ4n) is 1.50. The van der Waals surface area contributed by atoms with Gasteiger partial charge in [0.25, 0.3) is 0 Å². The van der Waals surface area contributed by atoms with Gasteiger partial charge in [-0.2, -0.15) is 0 Å². The number of carbonyl (C=O) groups is 1. The highest BCUT2D eigenvalue weighted by atomic mass is 16.4. The number of carboxylic acids is 1. The zero-order valence-corrected chi connectivity index (χ0v) is 11.6. The SMILES string of the molecule is N[C@@H](CCCCN=C[C@H](O)[C@@H](O)[C@H](O)[C@H](O)CO)C(=O)O. The predicted octanol–water partition coefficient (Wildman–Crippen LogP) is -2.92. The first kappa shape index (κ1) is 19.9. The quantitative estimate of drug-likeness (QED) is 0.157. The fourth-order valence-corrected chi connectivity index (χ4v) is 1.50. The molecule has 0 spiro atoms. The maximum atomic E-state index is 10.4. The molecular formula is C12H24N2O7. The maximum absolute atomic E-state index is 10.4. The van der Waals surface area contributed by atoms with Crippen LogP contribution in [0.15, 0.2) is 4.99 Å². The van der Waals surface area contributed by atoms with Crippen molar-refractivity contribution >= 4 is 12.2 Å². The Bertz CT molecular complexity index is 327. The number of aliphatic hydroxyl groups excluding tert-OH is 5. The molecule has 0 aromatic carbocycles. The number of carboxylic acid groups (broad SMARTS) is 1. The van der Waals surface area contributed by atoms with Crippen molar-refractivity contribution in [1.29, 1.82) is 0 Å². The van der Waals surface area contributed by atoms with Gasteiger partial charge >= 0.3 is 5.97 Å². The Morgan fingerprint density at radius 2 is 1.76 bits per heavy atom. The normalized spacial score (nSPS) is 19.1. The molecule has 0 unspecified atom stereocenters. The molecule has 0 aliphatic rings. The number of aliphatic hydroxyl groups is 5. The molecule has 9 heteroatoms. The van der Waals surface area contributed by atoms with Crippen LogP contribution in [-0.4, -0.2) is 86.4 Å². The first-order chi connectivity index (χ1) is 9.81. The third kappa shape index (κ3) is 8.05. The molecule has 0 fully saturated rings. The molecule has 0 aliphatic carbocycles. The third-order valence-electron chi connectivity index (χ3n) is 2.91. The van der Waals surface area contributed by atoms with Gasteiger partial charge in [0, 0.05) is 12.8 Å². The van der Waals surface area contributed by atoms with Gasteiger partial charge in [-0.25, -0.2) is 0 Å². The number of aliphatic imine (C=N–C) groups is 1. The van der Waals surface area contributed by atoms with Crippen molar-refractivity contribution in [2.75, 3.05) is 13.2 Å². The Labute approximate surface area is 122 Å². The highest BCUT2D eigenvalue weighted by molar-refractivity contribution is 5.72. The monoisotopic (exact) mass is 308 g/mol. The summed E-state index contributed by atoms with van der Waals surface area (Å²) in [5.74, 6) is -1.06. The number of hydrogen-bond acceptors (Lipinski definition) is 8. The van der Waals surface area contributed by atoms with Gasteiger partial charge in [0.05, 0.1) is 6.61 Å². The lowest BCUT2D eigenvalue weighted by atomic mass is 10.0. The number of nitrogens with zero attached hydrogens (tertiary/aromatic N) is 1. The molecule has 0 bridgehead atoms. The van der Waals surface area contributed by atoms with Gasteiger partial charge in [0.1, 0.15) is 30.5 Å². The van der Waals surface area contributed by atoms with Crippen LogP contribution < -0.4 is 5.73 Å². The van der Waals surface area contributed by atoms with Crippen molar-refractivity contribution in [3.8, 4) is 0 Å². The molecule has 0 saturated carbocycles. The van der Waals surface area contributed by atoms with Crippen LogP contribution in [0.5, 0.6) is 0 Å². The molecule has 8 N–H and O–H groups in total. The Hall–Kier alpha value is -1.10. The average molecular weight is 308 g/mol. The van der Waals surface area contributed by atoms with E-state index in [4.69, 9.17) is 21.1 Å². The molecule has 0 rings (SSSR count). The van der Waals surface area contributed by atoms with Crippen molar-refractivity contribution in [3.05, 3.63) is 0 Å². The van der Waals surface area contributed by atoms with Crippen LogP contribution in [0.3, 0.4) is 0 Å². The largest absolute Gasteiger partial charge is 0.480 e. The van der Waals surface area contributed by atoms with Crippen molar-refractivity contribution in [2.45, 2.75) is 49.7 Å². The van der Waals surface area contributed by atoms with Gasteiger partial charge in [-0.05, 0) is 19.3 Å². The molecule has 124 valence electrons. The summed E-state index contributed by atoms with van der Waals surface area (Å²) >= 11 is 0. The van der Waals surface area contributed by atoms with E-state index >= 15 is 0 Å². The van der Waals surface area contributed by atoms with Gasteiger partial charge in [-0.15, -0.1) is 0 Å². The van der Waals surface area contributed by atoms with Crippen molar-refractivity contribution in [3.63, 3.8) is 0 Å².